The average Bonchev–Trinajstić information content (AvgIpc) is 3.16. The zero-order valence-electron chi connectivity index (χ0n) is 36.0. The molecule has 12 nitrogen and oxygen atoms in total. The van der Waals surface area contributed by atoms with Gasteiger partial charge in [-0.3, -0.25) is 14.4 Å². The van der Waals surface area contributed by atoms with Crippen LogP contribution in [0.5, 0.6) is 0 Å². The maximum absolute atomic E-state index is 14.0. The topological polar surface area (TPSA) is 197 Å². The minimum Gasteiger partial charge on any atom is -0.458 e. The number of aliphatic hydroxyl groups is 5. The van der Waals surface area contributed by atoms with E-state index in [1.807, 2.05) is 32.1 Å². The van der Waals surface area contributed by atoms with Gasteiger partial charge in [0.15, 0.2) is 11.6 Å². The Balaban J connectivity index is 2.02. The molecule has 0 saturated carbocycles. The molecule has 5 N–H and O–H groups in total. The summed E-state index contributed by atoms with van der Waals surface area (Å²) in [6.45, 7) is 18.3. The molecule has 0 aromatic rings. The fourth-order valence-corrected chi connectivity index (χ4v) is 8.91. The lowest BCUT2D eigenvalue weighted by Gasteiger charge is -2.54. The average molecular weight is 805 g/mol. The van der Waals surface area contributed by atoms with Crippen LogP contribution < -0.4 is 0 Å². The van der Waals surface area contributed by atoms with Crippen molar-refractivity contribution in [3.05, 3.63) is 36.5 Å². The number of esters is 1. The predicted octanol–water partition coefficient (Wildman–Crippen LogP) is 5.06. The molecule has 0 radical (unpaired) electrons. The lowest BCUT2D eigenvalue weighted by atomic mass is 9.74. The Morgan fingerprint density at radius 1 is 0.842 bits per heavy atom. The molecule has 3 rings (SSSR count). The lowest BCUT2D eigenvalue weighted by molar-refractivity contribution is -0.344. The van der Waals surface area contributed by atoms with E-state index in [9.17, 15) is 44.7 Å². The molecule has 0 unspecified atom stereocenters. The third-order valence-corrected chi connectivity index (χ3v) is 13.2. The molecule has 2 saturated heterocycles. The van der Waals surface area contributed by atoms with Crippen molar-refractivity contribution < 1.29 is 58.9 Å². The number of fused-ring (bicyclic) bond motifs is 2. The van der Waals surface area contributed by atoms with Crippen molar-refractivity contribution in [1.29, 1.82) is 0 Å². The van der Waals surface area contributed by atoms with Crippen molar-refractivity contribution in [2.24, 2.45) is 53.3 Å². The molecule has 2 fully saturated rings. The fourth-order valence-electron chi connectivity index (χ4n) is 8.91. The number of ketones is 3. The van der Waals surface area contributed by atoms with Crippen molar-refractivity contribution in [1.82, 2.24) is 0 Å². The van der Waals surface area contributed by atoms with Crippen molar-refractivity contribution >= 4 is 23.3 Å². The zero-order chi connectivity index (χ0) is 43.2. The predicted molar refractivity (Wildman–Crippen MR) is 215 cm³/mol. The lowest BCUT2D eigenvalue weighted by Crippen LogP contribution is -2.66. The summed E-state index contributed by atoms with van der Waals surface area (Å²) >= 11 is 0. The van der Waals surface area contributed by atoms with Gasteiger partial charge in [-0.05, 0) is 63.7 Å². The van der Waals surface area contributed by atoms with Crippen molar-refractivity contribution in [3.63, 3.8) is 0 Å². The summed E-state index contributed by atoms with van der Waals surface area (Å²) in [7, 11) is 0. The van der Waals surface area contributed by atoms with Crippen LogP contribution in [0.15, 0.2) is 36.5 Å². The number of carbonyl (C=O) groups is 4. The molecule has 0 aromatic carbocycles. The quantitative estimate of drug-likeness (QED) is 0.238. The Labute approximate surface area is 340 Å². The van der Waals surface area contributed by atoms with Gasteiger partial charge in [-0.15, -0.1) is 0 Å². The van der Waals surface area contributed by atoms with Crippen molar-refractivity contribution in [2.45, 2.75) is 169 Å². The molecule has 2 bridgehead atoms. The number of allylic oxidation sites excluding steroid dienone is 4. The molecular formula is C45H72O12. The van der Waals surface area contributed by atoms with Gasteiger partial charge in [-0.1, -0.05) is 92.7 Å². The molecule has 12 heteroatoms. The molecule has 3 heterocycles. The maximum atomic E-state index is 14.0. The second-order valence-electron chi connectivity index (χ2n) is 17.9. The van der Waals surface area contributed by atoms with E-state index in [1.165, 1.54) is 39.8 Å². The first-order valence-electron chi connectivity index (χ1n) is 21.1. The standard InChI is InChI=1S/C45H72O12/c1-12-33-17-15-13-14-16-25(3)42(52)44(11,54)43(53)31(9)40(51)30(8)39(50)29(7)38(49)24(2)18-21-37(48)55-41-28(6)34(20-19-33)56-45(32(41)10)36(47)22-26(4)35(57-45)23-27(5)46/h13-15,17-18,21,24-35,38,40-42,46,49,51-52,54H,12,16,19-20,22-23H2,1-11H3/b14-13+,17-15+,21-18+/t24-,25+,26-,27+,28+,29-,30-,31-,32-,33-,34+,35-,38+,40+,41+,42-,44-,45+/m1/s1. The zero-order valence-corrected chi connectivity index (χ0v) is 36.0. The molecule has 0 amide bonds. The number of carbonyl (C=O) groups excluding carboxylic acids is 4. The minimum atomic E-state index is -2.21. The Bertz CT molecular complexity index is 1470. The van der Waals surface area contributed by atoms with E-state index < -0.39 is 107 Å². The molecule has 57 heavy (non-hydrogen) atoms. The monoisotopic (exact) mass is 805 g/mol. The molecule has 3 aliphatic rings. The van der Waals surface area contributed by atoms with E-state index in [0.717, 1.165) is 6.42 Å². The van der Waals surface area contributed by atoms with E-state index >= 15 is 0 Å². The van der Waals surface area contributed by atoms with Crippen LogP contribution in [0.3, 0.4) is 0 Å². The number of rotatable bonds is 3. The van der Waals surface area contributed by atoms with Crippen molar-refractivity contribution in [3.8, 4) is 0 Å². The van der Waals surface area contributed by atoms with Crippen LogP contribution in [0.1, 0.15) is 115 Å². The number of ether oxygens (including phenoxy) is 3. The Kier molecular flexibility index (Phi) is 17.6. The summed E-state index contributed by atoms with van der Waals surface area (Å²) in [6.07, 6.45) is 6.53. The van der Waals surface area contributed by atoms with Crippen LogP contribution in [0.4, 0.5) is 0 Å². The number of hydrogen-bond acceptors (Lipinski definition) is 12. The first-order valence-corrected chi connectivity index (χ1v) is 21.1. The summed E-state index contributed by atoms with van der Waals surface area (Å²) < 4.78 is 19.4. The van der Waals surface area contributed by atoms with Gasteiger partial charge in [0.1, 0.15) is 17.5 Å². The second kappa shape index (κ2) is 20.6. The third kappa shape index (κ3) is 11.4. The smallest absolute Gasteiger partial charge is 0.330 e. The summed E-state index contributed by atoms with van der Waals surface area (Å²) in [5.41, 5.74) is -2.21. The van der Waals surface area contributed by atoms with E-state index in [4.69, 9.17) is 14.2 Å². The minimum absolute atomic E-state index is 0.132. The van der Waals surface area contributed by atoms with Gasteiger partial charge in [0.2, 0.25) is 5.79 Å². The van der Waals surface area contributed by atoms with E-state index in [0.29, 0.717) is 25.7 Å². The largest absolute Gasteiger partial charge is 0.458 e. The Morgan fingerprint density at radius 3 is 2.09 bits per heavy atom. The summed E-state index contributed by atoms with van der Waals surface area (Å²) in [5.74, 6) is -9.55. The summed E-state index contributed by atoms with van der Waals surface area (Å²) in [4.78, 5) is 54.5. The van der Waals surface area contributed by atoms with Gasteiger partial charge in [0, 0.05) is 42.1 Å². The van der Waals surface area contributed by atoms with E-state index in [2.05, 4.69) is 13.0 Å². The highest BCUT2D eigenvalue weighted by Crippen LogP contribution is 2.47. The SMILES string of the molecule is CC[C@@H]1/C=C/C=C/C[C@H](C)[C@@H](O)[C@@](C)(O)C(=O)[C@H](C)[C@@H](O)[C@H](C)C(=O)[C@H](C)[C@@H](O)[C@H](C)/C=C/C(=O)O[C@H]2[C@@H](C)[C@H](CC1)O[C@]1(O[C@H](C[C@H](C)O)[C@H](C)CC1=O)[C@@H]2C. The van der Waals surface area contributed by atoms with E-state index in [1.54, 1.807) is 27.7 Å². The Hall–Kier alpha value is -2.58. The first kappa shape index (κ1) is 48.8. The molecule has 3 aliphatic heterocycles. The number of Topliss-reactive ketones (excluding diaryl/α,β-unsaturated/α-hetero) is 3. The number of hydrogen-bond donors (Lipinski definition) is 5. The van der Waals surface area contributed by atoms with Gasteiger partial charge < -0.3 is 39.7 Å². The van der Waals surface area contributed by atoms with Crippen LogP contribution in [0.2, 0.25) is 0 Å². The molecule has 1 spiro atoms. The van der Waals surface area contributed by atoms with E-state index in [-0.39, 0.29) is 30.0 Å². The molecular weight excluding hydrogens is 732 g/mol. The third-order valence-electron chi connectivity index (χ3n) is 13.2. The normalized spacial score (nSPS) is 46.2. The summed E-state index contributed by atoms with van der Waals surface area (Å²) in [5, 5.41) is 55.0. The van der Waals surface area contributed by atoms with Gasteiger partial charge in [0.25, 0.3) is 0 Å². The van der Waals surface area contributed by atoms with Gasteiger partial charge in [0.05, 0.1) is 42.5 Å². The van der Waals surface area contributed by atoms with Crippen LogP contribution in [-0.2, 0) is 33.4 Å². The second-order valence-corrected chi connectivity index (χ2v) is 17.9. The molecule has 0 aliphatic carbocycles. The summed E-state index contributed by atoms with van der Waals surface area (Å²) in [6, 6.07) is 0. The molecule has 0 aromatic heterocycles. The maximum Gasteiger partial charge on any atom is 0.330 e. The first-order chi connectivity index (χ1) is 26.5. The highest BCUT2D eigenvalue weighted by atomic mass is 16.7. The highest BCUT2D eigenvalue weighted by Gasteiger charge is 2.61. The van der Waals surface area contributed by atoms with Crippen LogP contribution in [0.25, 0.3) is 0 Å². The number of aliphatic hydroxyl groups excluding tert-OH is 4. The van der Waals surface area contributed by atoms with Crippen LogP contribution in [-0.4, -0.2) is 103 Å². The van der Waals surface area contributed by atoms with Crippen molar-refractivity contribution in [2.75, 3.05) is 0 Å². The van der Waals surface area contributed by atoms with Crippen LogP contribution in [0, 0.1) is 53.3 Å². The molecule has 18 atom stereocenters. The van der Waals surface area contributed by atoms with Gasteiger partial charge >= 0.3 is 5.97 Å². The molecule has 324 valence electrons. The highest BCUT2D eigenvalue weighted by molar-refractivity contribution is 5.91. The van der Waals surface area contributed by atoms with Gasteiger partial charge in [-0.2, -0.15) is 0 Å². The van der Waals surface area contributed by atoms with Crippen LogP contribution >= 0.6 is 0 Å². The Morgan fingerprint density at radius 2 is 1.47 bits per heavy atom. The fraction of sp³-hybridized carbons (Fsp3) is 0.778. The van der Waals surface area contributed by atoms with Gasteiger partial charge in [-0.25, -0.2) is 4.79 Å².